The van der Waals surface area contributed by atoms with E-state index in [1.807, 2.05) is 72.8 Å². The third-order valence-corrected chi connectivity index (χ3v) is 5.55. The first-order chi connectivity index (χ1) is 14.6. The van der Waals surface area contributed by atoms with E-state index in [9.17, 15) is 10.1 Å². The second-order valence-corrected chi connectivity index (χ2v) is 7.84. The summed E-state index contributed by atoms with van der Waals surface area (Å²) in [7, 11) is 0. The van der Waals surface area contributed by atoms with Gasteiger partial charge in [-0.15, -0.1) is 12.6 Å². The number of benzene rings is 2. The van der Waals surface area contributed by atoms with Gasteiger partial charge in [0.05, 0.1) is 5.03 Å². The molecular weight excluding hydrogens is 462 g/mol. The summed E-state index contributed by atoms with van der Waals surface area (Å²) in [4.78, 5) is 14.1. The van der Waals surface area contributed by atoms with E-state index >= 15 is 0 Å². The zero-order valence-corrected chi connectivity index (χ0v) is 18.1. The summed E-state index contributed by atoms with van der Waals surface area (Å²) in [5, 5.41) is 12.5. The Labute approximate surface area is 187 Å². The third kappa shape index (κ3) is 4.06. The van der Waals surface area contributed by atoms with Crippen LogP contribution in [0.2, 0.25) is 0 Å². The minimum atomic E-state index is -0.522. The number of anilines is 1. The van der Waals surface area contributed by atoms with E-state index in [1.54, 1.807) is 17.1 Å². The normalized spacial score (nSPS) is 16.6. The van der Waals surface area contributed by atoms with Gasteiger partial charge < -0.3 is 14.6 Å². The summed E-state index contributed by atoms with van der Waals surface area (Å²) in [6, 6.07) is 23.0. The Bertz CT molecular complexity index is 1180. The maximum Gasteiger partial charge on any atom is 0.266 e. The molecule has 1 aliphatic rings. The van der Waals surface area contributed by atoms with E-state index in [0.717, 1.165) is 21.5 Å². The molecule has 1 N–H and O–H groups in total. The molecule has 0 bridgehead atoms. The molecule has 148 valence electrons. The molecule has 2 aromatic carbocycles. The van der Waals surface area contributed by atoms with E-state index in [1.165, 1.54) is 0 Å². The minimum absolute atomic E-state index is 0.0256. The summed E-state index contributed by atoms with van der Waals surface area (Å²) in [6.45, 7) is 0. The first kappa shape index (κ1) is 20.1. The van der Waals surface area contributed by atoms with Crippen LogP contribution in [-0.2, 0) is 4.79 Å². The molecule has 0 saturated carbocycles. The zero-order chi connectivity index (χ0) is 21.1. The molecule has 0 radical (unpaired) electrons. The largest absolute Gasteiger partial charge is 0.457 e. The van der Waals surface area contributed by atoms with E-state index in [2.05, 4.69) is 33.9 Å². The highest BCUT2D eigenvalue weighted by Crippen LogP contribution is 2.30. The summed E-state index contributed by atoms with van der Waals surface area (Å²) in [6.07, 6.45) is 3.08. The van der Waals surface area contributed by atoms with Gasteiger partial charge in [0.1, 0.15) is 29.3 Å². The number of nitrogens with one attached hydrogen (secondary N) is 1. The fraction of sp³-hybridized carbons (Fsp3) is 0.0435. The Morgan fingerprint density at radius 3 is 2.53 bits per heavy atom. The lowest BCUT2D eigenvalue weighted by Crippen LogP contribution is -2.51. The minimum Gasteiger partial charge on any atom is -0.457 e. The molecule has 1 amide bonds. The van der Waals surface area contributed by atoms with Gasteiger partial charge in [-0.3, -0.25) is 4.79 Å². The van der Waals surface area contributed by atoms with Crippen molar-refractivity contribution in [2.45, 2.75) is 6.17 Å². The van der Waals surface area contributed by atoms with Crippen LogP contribution in [-0.4, -0.2) is 12.1 Å². The third-order valence-electron chi connectivity index (χ3n) is 4.58. The molecule has 4 rings (SSSR count). The van der Waals surface area contributed by atoms with Crippen LogP contribution in [0.5, 0.6) is 0 Å². The second kappa shape index (κ2) is 8.66. The molecule has 0 spiro atoms. The predicted octanol–water partition coefficient (Wildman–Crippen LogP) is 5.35. The van der Waals surface area contributed by atoms with Gasteiger partial charge in [0.25, 0.3) is 5.91 Å². The Morgan fingerprint density at radius 2 is 1.83 bits per heavy atom. The maximum atomic E-state index is 12.3. The van der Waals surface area contributed by atoms with Gasteiger partial charge in [0.2, 0.25) is 0 Å². The van der Waals surface area contributed by atoms with Crippen LogP contribution in [0.1, 0.15) is 5.76 Å². The number of carbonyl (C=O) groups is 1. The molecule has 0 saturated heterocycles. The molecule has 1 aliphatic heterocycles. The molecule has 5 nitrogen and oxygen atoms in total. The molecule has 1 unspecified atom stereocenters. The number of hydrogen-bond donors (Lipinski definition) is 2. The summed E-state index contributed by atoms with van der Waals surface area (Å²) in [5.41, 5.74) is 1.75. The van der Waals surface area contributed by atoms with Crippen molar-refractivity contribution in [1.29, 1.82) is 5.26 Å². The number of furan rings is 1. The monoisotopic (exact) mass is 477 g/mol. The highest BCUT2D eigenvalue weighted by molar-refractivity contribution is 9.10. The Hall–Kier alpha value is -3.21. The number of amides is 1. The van der Waals surface area contributed by atoms with Gasteiger partial charge in [-0.25, -0.2) is 0 Å². The predicted molar refractivity (Wildman–Crippen MR) is 123 cm³/mol. The molecule has 7 heteroatoms. The van der Waals surface area contributed by atoms with Crippen LogP contribution in [0, 0.1) is 11.3 Å². The zero-order valence-electron chi connectivity index (χ0n) is 15.6. The average Bonchev–Trinajstić information content (AvgIpc) is 3.22. The lowest BCUT2D eigenvalue weighted by atomic mass is 10.1. The topological polar surface area (TPSA) is 69.3 Å². The number of hydrogen-bond acceptors (Lipinski definition) is 5. The van der Waals surface area contributed by atoms with Crippen LogP contribution < -0.4 is 10.2 Å². The van der Waals surface area contributed by atoms with Crippen LogP contribution in [0.4, 0.5) is 5.69 Å². The lowest BCUT2D eigenvalue weighted by molar-refractivity contribution is -0.117. The maximum absolute atomic E-state index is 12.3. The summed E-state index contributed by atoms with van der Waals surface area (Å²) in [5.74, 6) is 0.932. The van der Waals surface area contributed by atoms with Crippen LogP contribution in [0.3, 0.4) is 0 Å². The van der Waals surface area contributed by atoms with Gasteiger partial charge in [-0.1, -0.05) is 46.3 Å². The van der Waals surface area contributed by atoms with Gasteiger partial charge in [-0.05, 0) is 48.6 Å². The van der Waals surface area contributed by atoms with Crippen molar-refractivity contribution in [3.8, 4) is 17.4 Å². The fourth-order valence-corrected chi connectivity index (χ4v) is 3.78. The molecule has 3 aromatic rings. The van der Waals surface area contributed by atoms with E-state index in [0.29, 0.717) is 10.8 Å². The van der Waals surface area contributed by atoms with Crippen molar-refractivity contribution in [3.05, 3.63) is 93.6 Å². The van der Waals surface area contributed by atoms with Crippen molar-refractivity contribution in [1.82, 2.24) is 5.32 Å². The quantitative estimate of drug-likeness (QED) is 0.496. The number of thiol groups is 1. The number of rotatable bonds is 4. The van der Waals surface area contributed by atoms with Gasteiger partial charge in [0, 0.05) is 15.7 Å². The number of nitriles is 1. The first-order valence-corrected chi connectivity index (χ1v) is 10.3. The Kier molecular flexibility index (Phi) is 5.79. The van der Waals surface area contributed by atoms with E-state index in [-0.39, 0.29) is 5.57 Å². The molecule has 0 fully saturated rings. The molecule has 2 heterocycles. The number of nitrogens with zero attached hydrogens (tertiary/aromatic N) is 2. The first-order valence-electron chi connectivity index (χ1n) is 9.09. The number of para-hydroxylation sites is 1. The second-order valence-electron chi connectivity index (χ2n) is 6.50. The molecule has 0 aliphatic carbocycles. The van der Waals surface area contributed by atoms with Crippen molar-refractivity contribution in [2.75, 3.05) is 4.90 Å². The molecule has 30 heavy (non-hydrogen) atoms. The Morgan fingerprint density at radius 1 is 1.10 bits per heavy atom. The SMILES string of the molecule is N#CC1=C(S)N(c2ccccc2)C(C=Cc2ccc(-c3ccc(Br)cc3)o2)NC1=O. The van der Waals surface area contributed by atoms with Gasteiger partial charge in [0.15, 0.2) is 0 Å². The van der Waals surface area contributed by atoms with Crippen molar-refractivity contribution in [3.63, 3.8) is 0 Å². The van der Waals surface area contributed by atoms with Crippen LogP contribution >= 0.6 is 28.6 Å². The Balaban J connectivity index is 1.63. The van der Waals surface area contributed by atoms with Crippen LogP contribution in [0.25, 0.3) is 17.4 Å². The van der Waals surface area contributed by atoms with Crippen molar-refractivity contribution >= 4 is 46.2 Å². The highest BCUT2D eigenvalue weighted by atomic mass is 79.9. The molecular formula is C23H16BrN3O2S. The summed E-state index contributed by atoms with van der Waals surface area (Å²) < 4.78 is 6.92. The summed E-state index contributed by atoms with van der Waals surface area (Å²) >= 11 is 7.89. The van der Waals surface area contributed by atoms with E-state index < -0.39 is 12.1 Å². The smallest absolute Gasteiger partial charge is 0.266 e. The number of halogens is 1. The number of carbonyl (C=O) groups excluding carboxylic acids is 1. The average molecular weight is 478 g/mol. The molecule has 1 atom stereocenters. The van der Waals surface area contributed by atoms with E-state index in [4.69, 9.17) is 4.42 Å². The van der Waals surface area contributed by atoms with Gasteiger partial charge in [-0.2, -0.15) is 5.26 Å². The van der Waals surface area contributed by atoms with Crippen molar-refractivity contribution < 1.29 is 9.21 Å². The lowest BCUT2D eigenvalue weighted by Gasteiger charge is -2.36. The van der Waals surface area contributed by atoms with Crippen molar-refractivity contribution in [2.24, 2.45) is 0 Å². The van der Waals surface area contributed by atoms with Gasteiger partial charge >= 0.3 is 0 Å². The standard InChI is InChI=1S/C23H16BrN3O2S/c24-16-8-6-15(7-9-16)20-12-10-18(29-20)11-13-21-26-22(28)19(14-25)23(30)27(21)17-4-2-1-3-5-17/h1-13,21,30H,(H,26,28). The highest BCUT2D eigenvalue weighted by Gasteiger charge is 2.31. The fourth-order valence-electron chi connectivity index (χ4n) is 3.13. The van der Waals surface area contributed by atoms with Crippen LogP contribution in [0.15, 0.2) is 92.3 Å². The molecule has 1 aromatic heterocycles.